The monoisotopic (exact) mass is 213 g/mol. The molecule has 3 heterocycles. The van der Waals surface area contributed by atoms with Crippen molar-refractivity contribution in [2.75, 3.05) is 26.3 Å². The Balaban J connectivity index is 1.58. The molecule has 3 rings (SSSR count). The lowest BCUT2D eigenvalue weighted by molar-refractivity contribution is -0.135. The largest absolute Gasteiger partial charge is 0.383 e. The van der Waals surface area contributed by atoms with E-state index in [2.05, 4.69) is 0 Å². The van der Waals surface area contributed by atoms with E-state index in [1.165, 1.54) is 0 Å². The van der Waals surface area contributed by atoms with Crippen molar-refractivity contribution in [2.24, 2.45) is 5.92 Å². The number of ether oxygens (including phenoxy) is 2. The van der Waals surface area contributed by atoms with Crippen molar-refractivity contribution in [3.05, 3.63) is 0 Å². The molecular formula is C10H15NO4. The number of carbonyl (C=O) groups is 1. The van der Waals surface area contributed by atoms with Gasteiger partial charge in [0.05, 0.1) is 25.4 Å². The lowest BCUT2D eigenvalue weighted by Gasteiger charge is -2.13. The second-order valence-electron chi connectivity index (χ2n) is 4.59. The van der Waals surface area contributed by atoms with Crippen LogP contribution in [0.1, 0.15) is 6.42 Å². The Hall–Kier alpha value is -0.650. The first-order valence-electron chi connectivity index (χ1n) is 5.44. The van der Waals surface area contributed by atoms with Crippen molar-refractivity contribution in [1.29, 1.82) is 0 Å². The number of hydrogen-bond donors (Lipinski definition) is 1. The smallest absolute Gasteiger partial charge is 0.251 e. The van der Waals surface area contributed by atoms with E-state index in [0.29, 0.717) is 13.1 Å². The van der Waals surface area contributed by atoms with Gasteiger partial charge in [0.15, 0.2) is 0 Å². The van der Waals surface area contributed by atoms with E-state index in [1.807, 2.05) is 0 Å². The number of epoxide rings is 2. The van der Waals surface area contributed by atoms with Crippen LogP contribution in [0.2, 0.25) is 0 Å². The first kappa shape index (κ1) is 9.57. The Labute approximate surface area is 87.9 Å². The van der Waals surface area contributed by atoms with Gasteiger partial charge in [0.1, 0.15) is 6.10 Å². The molecule has 5 nitrogen and oxygen atoms in total. The highest BCUT2D eigenvalue weighted by Gasteiger charge is 2.43. The molecule has 15 heavy (non-hydrogen) atoms. The summed E-state index contributed by atoms with van der Waals surface area (Å²) in [4.78, 5) is 13.4. The average molecular weight is 213 g/mol. The number of nitrogens with zero attached hydrogens (tertiary/aromatic N) is 1. The molecule has 4 atom stereocenters. The zero-order valence-electron chi connectivity index (χ0n) is 8.46. The van der Waals surface area contributed by atoms with Crippen molar-refractivity contribution >= 4 is 5.91 Å². The molecule has 0 bridgehead atoms. The topological polar surface area (TPSA) is 65.6 Å². The molecule has 0 saturated carbocycles. The van der Waals surface area contributed by atoms with Gasteiger partial charge in [-0.3, -0.25) is 4.79 Å². The third-order valence-electron chi connectivity index (χ3n) is 3.26. The van der Waals surface area contributed by atoms with Gasteiger partial charge in [-0.2, -0.15) is 0 Å². The highest BCUT2D eigenvalue weighted by Crippen LogP contribution is 2.29. The number of rotatable bonds is 4. The van der Waals surface area contributed by atoms with E-state index in [-0.39, 0.29) is 24.0 Å². The predicted octanol–water partition coefficient (Wildman–Crippen LogP) is -1.01. The van der Waals surface area contributed by atoms with E-state index in [4.69, 9.17) is 9.47 Å². The van der Waals surface area contributed by atoms with Crippen LogP contribution in [0.25, 0.3) is 0 Å². The summed E-state index contributed by atoms with van der Waals surface area (Å²) in [7, 11) is 0. The molecule has 1 N–H and O–H groups in total. The van der Waals surface area contributed by atoms with E-state index < -0.39 is 6.10 Å². The molecule has 4 unspecified atom stereocenters. The van der Waals surface area contributed by atoms with Crippen LogP contribution >= 0.6 is 0 Å². The predicted molar refractivity (Wildman–Crippen MR) is 50.2 cm³/mol. The number of amides is 1. The van der Waals surface area contributed by atoms with Crippen molar-refractivity contribution in [3.8, 4) is 0 Å². The van der Waals surface area contributed by atoms with Crippen LogP contribution in [-0.2, 0) is 14.3 Å². The van der Waals surface area contributed by atoms with E-state index in [9.17, 15) is 9.90 Å². The lowest BCUT2D eigenvalue weighted by atomic mass is 10.0. The molecule has 1 amide bonds. The molecule has 0 aromatic carbocycles. The Kier molecular flexibility index (Phi) is 2.19. The molecule has 3 aliphatic rings. The maximum absolute atomic E-state index is 11.7. The number of aliphatic hydroxyl groups excluding tert-OH is 1. The van der Waals surface area contributed by atoms with Gasteiger partial charge in [-0.05, 0) is 6.42 Å². The summed E-state index contributed by atoms with van der Waals surface area (Å²) >= 11 is 0. The van der Waals surface area contributed by atoms with Crippen molar-refractivity contribution < 1.29 is 19.4 Å². The minimum absolute atomic E-state index is 0.0451. The molecule has 0 spiro atoms. The Morgan fingerprint density at radius 3 is 2.60 bits per heavy atom. The summed E-state index contributed by atoms with van der Waals surface area (Å²) < 4.78 is 10.2. The summed E-state index contributed by atoms with van der Waals surface area (Å²) in [5, 5.41) is 9.75. The summed E-state index contributed by atoms with van der Waals surface area (Å²) in [5.74, 6) is -0.0973. The van der Waals surface area contributed by atoms with Gasteiger partial charge in [0.2, 0.25) is 0 Å². The normalized spacial score (nSPS) is 43.5. The standard InChI is InChI=1S/C10H15NO4/c12-9-6(1-7-4-14-7)2-11(10(9)13)3-8-5-15-8/h6-9,12H,1-5H2. The van der Waals surface area contributed by atoms with Crippen LogP contribution in [0, 0.1) is 5.92 Å². The average Bonchev–Trinajstić information content (AvgIpc) is 3.06. The second kappa shape index (κ2) is 3.43. The van der Waals surface area contributed by atoms with Crippen LogP contribution < -0.4 is 0 Å². The second-order valence-corrected chi connectivity index (χ2v) is 4.59. The van der Waals surface area contributed by atoms with Crippen molar-refractivity contribution in [3.63, 3.8) is 0 Å². The quantitative estimate of drug-likeness (QED) is 0.608. The molecule has 0 aromatic rings. The van der Waals surface area contributed by atoms with Crippen LogP contribution in [0.4, 0.5) is 0 Å². The van der Waals surface area contributed by atoms with E-state index in [0.717, 1.165) is 19.6 Å². The maximum Gasteiger partial charge on any atom is 0.251 e. The highest BCUT2D eigenvalue weighted by molar-refractivity contribution is 5.83. The first-order valence-corrected chi connectivity index (χ1v) is 5.44. The Bertz CT molecular complexity index is 275. The van der Waals surface area contributed by atoms with Gasteiger partial charge < -0.3 is 19.5 Å². The van der Waals surface area contributed by atoms with Gasteiger partial charge in [0, 0.05) is 19.0 Å². The fourth-order valence-electron chi connectivity index (χ4n) is 2.19. The molecule has 3 fully saturated rings. The van der Waals surface area contributed by atoms with Crippen LogP contribution in [0.5, 0.6) is 0 Å². The minimum Gasteiger partial charge on any atom is -0.383 e. The molecule has 3 saturated heterocycles. The molecule has 0 aliphatic carbocycles. The van der Waals surface area contributed by atoms with Crippen LogP contribution in [0.15, 0.2) is 0 Å². The fraction of sp³-hybridized carbons (Fsp3) is 0.900. The van der Waals surface area contributed by atoms with Crippen molar-refractivity contribution in [1.82, 2.24) is 4.90 Å². The van der Waals surface area contributed by atoms with Crippen molar-refractivity contribution in [2.45, 2.75) is 24.7 Å². The van der Waals surface area contributed by atoms with Crippen LogP contribution in [-0.4, -0.2) is 60.5 Å². The summed E-state index contributed by atoms with van der Waals surface area (Å²) in [6, 6.07) is 0. The van der Waals surface area contributed by atoms with Gasteiger partial charge in [-0.15, -0.1) is 0 Å². The number of carbonyl (C=O) groups excluding carboxylic acids is 1. The van der Waals surface area contributed by atoms with Gasteiger partial charge in [-0.1, -0.05) is 0 Å². The van der Waals surface area contributed by atoms with Crippen LogP contribution in [0.3, 0.4) is 0 Å². The fourth-order valence-corrected chi connectivity index (χ4v) is 2.19. The molecule has 0 aromatic heterocycles. The third kappa shape index (κ3) is 2.00. The lowest BCUT2D eigenvalue weighted by Crippen LogP contribution is -2.32. The first-order chi connectivity index (χ1) is 7.24. The maximum atomic E-state index is 11.7. The number of hydrogen-bond acceptors (Lipinski definition) is 4. The third-order valence-corrected chi connectivity index (χ3v) is 3.26. The Morgan fingerprint density at radius 1 is 1.33 bits per heavy atom. The minimum atomic E-state index is -0.826. The molecule has 5 heteroatoms. The Morgan fingerprint density at radius 2 is 2.00 bits per heavy atom. The van der Waals surface area contributed by atoms with Gasteiger partial charge >= 0.3 is 0 Å². The molecule has 3 aliphatic heterocycles. The summed E-state index contributed by atoms with van der Waals surface area (Å²) in [6.45, 7) is 2.82. The molecule has 84 valence electrons. The number of aliphatic hydroxyl groups is 1. The number of likely N-dealkylation sites (tertiary alicyclic amines) is 1. The van der Waals surface area contributed by atoms with E-state index in [1.54, 1.807) is 4.90 Å². The molecule has 0 radical (unpaired) electrons. The summed E-state index contributed by atoms with van der Waals surface area (Å²) in [5.41, 5.74) is 0. The summed E-state index contributed by atoms with van der Waals surface area (Å²) in [6.07, 6.45) is 0.453. The van der Waals surface area contributed by atoms with Gasteiger partial charge in [0.25, 0.3) is 5.91 Å². The highest BCUT2D eigenvalue weighted by atomic mass is 16.6. The van der Waals surface area contributed by atoms with E-state index >= 15 is 0 Å². The zero-order valence-corrected chi connectivity index (χ0v) is 8.46. The SMILES string of the molecule is O=C1C(O)C(CC2CO2)CN1CC1CO1. The van der Waals surface area contributed by atoms with Gasteiger partial charge in [-0.25, -0.2) is 0 Å². The molecular weight excluding hydrogens is 198 g/mol. The zero-order chi connectivity index (χ0) is 10.4.